The first-order valence-corrected chi connectivity index (χ1v) is 10.8. The molecule has 1 aromatic rings. The molecule has 0 aromatic heterocycles. The largest absolute Gasteiger partial charge is 0.294 e. The first-order valence-electron chi connectivity index (χ1n) is 7.09. The number of hydrogen-bond acceptors (Lipinski definition) is 1. The van der Waals surface area contributed by atoms with Crippen LogP contribution in [0.5, 0.6) is 0 Å². The highest BCUT2D eigenvalue weighted by Gasteiger charge is 2.23. The van der Waals surface area contributed by atoms with Crippen molar-refractivity contribution in [3.05, 3.63) is 35.4 Å². The lowest BCUT2D eigenvalue weighted by atomic mass is 9.96. The lowest BCUT2D eigenvalue weighted by Crippen LogP contribution is -2.23. The summed E-state index contributed by atoms with van der Waals surface area (Å²) in [7, 11) is -1.05. The predicted molar refractivity (Wildman–Crippen MR) is 79.8 cm³/mol. The zero-order valence-electron chi connectivity index (χ0n) is 11.8. The van der Waals surface area contributed by atoms with Crippen LogP contribution in [0, 0.1) is 5.92 Å². The molecule has 1 nitrogen and oxygen atoms in total. The van der Waals surface area contributed by atoms with Gasteiger partial charge in [0.05, 0.1) is 0 Å². The minimum Gasteiger partial charge on any atom is -0.294 e. The maximum absolute atomic E-state index is 12.3. The Morgan fingerprint density at radius 1 is 1.11 bits per heavy atom. The zero-order chi connectivity index (χ0) is 13.2. The second kappa shape index (κ2) is 5.39. The van der Waals surface area contributed by atoms with Crippen molar-refractivity contribution >= 4 is 13.9 Å². The van der Waals surface area contributed by atoms with E-state index in [0.29, 0.717) is 11.7 Å². The smallest absolute Gasteiger partial charge is 0.165 e. The second-order valence-electron chi connectivity index (χ2n) is 6.78. The van der Waals surface area contributed by atoms with Crippen LogP contribution in [-0.2, 0) is 6.04 Å². The molecule has 0 aliphatic heterocycles. The van der Waals surface area contributed by atoms with Crippen molar-refractivity contribution in [1.82, 2.24) is 0 Å². The summed E-state index contributed by atoms with van der Waals surface area (Å²) in [5.74, 6) is 0.667. The average molecular weight is 260 g/mol. The van der Waals surface area contributed by atoms with Crippen LogP contribution in [-0.4, -0.2) is 13.9 Å². The van der Waals surface area contributed by atoms with Crippen LogP contribution >= 0.6 is 0 Å². The molecular formula is C16H24OSi. The third-order valence-corrected chi connectivity index (χ3v) is 5.17. The topological polar surface area (TPSA) is 17.1 Å². The van der Waals surface area contributed by atoms with Crippen molar-refractivity contribution in [2.75, 3.05) is 0 Å². The molecule has 18 heavy (non-hydrogen) atoms. The number of ketones is 1. The monoisotopic (exact) mass is 260 g/mol. The minimum absolute atomic E-state index is 0.299. The maximum Gasteiger partial charge on any atom is 0.165 e. The molecular weight excluding hydrogens is 236 g/mol. The number of carbonyl (C=O) groups is 1. The molecule has 2 rings (SSSR count). The van der Waals surface area contributed by atoms with E-state index in [0.717, 1.165) is 18.4 Å². The van der Waals surface area contributed by atoms with Gasteiger partial charge in [0, 0.05) is 19.6 Å². The fraction of sp³-hybridized carbons (Fsp3) is 0.562. The van der Waals surface area contributed by atoms with E-state index in [1.165, 1.54) is 24.4 Å². The molecule has 1 fully saturated rings. The quantitative estimate of drug-likeness (QED) is 0.576. The van der Waals surface area contributed by atoms with Gasteiger partial charge in [-0.1, -0.05) is 62.3 Å². The third-order valence-electron chi connectivity index (χ3n) is 3.70. The fourth-order valence-corrected chi connectivity index (χ4v) is 4.28. The van der Waals surface area contributed by atoms with Gasteiger partial charge < -0.3 is 0 Å². The molecule has 0 heterocycles. The molecule has 1 aromatic carbocycles. The van der Waals surface area contributed by atoms with Gasteiger partial charge in [-0.25, -0.2) is 0 Å². The van der Waals surface area contributed by atoms with Gasteiger partial charge in [0.25, 0.3) is 0 Å². The van der Waals surface area contributed by atoms with Crippen LogP contribution in [0.1, 0.15) is 41.6 Å². The molecule has 0 amide bonds. The van der Waals surface area contributed by atoms with Crippen LogP contribution in [0.4, 0.5) is 0 Å². The van der Waals surface area contributed by atoms with E-state index in [-0.39, 0.29) is 0 Å². The summed E-state index contributed by atoms with van der Waals surface area (Å²) in [6, 6.07) is 9.58. The van der Waals surface area contributed by atoms with Crippen molar-refractivity contribution in [2.24, 2.45) is 5.92 Å². The summed E-state index contributed by atoms with van der Waals surface area (Å²) >= 11 is 0. The maximum atomic E-state index is 12.3. The van der Waals surface area contributed by atoms with Crippen molar-refractivity contribution in [1.29, 1.82) is 0 Å². The van der Waals surface area contributed by atoms with Crippen LogP contribution in [0.2, 0.25) is 19.6 Å². The Balaban J connectivity index is 2.05. The van der Waals surface area contributed by atoms with Gasteiger partial charge in [-0.3, -0.25) is 4.79 Å². The van der Waals surface area contributed by atoms with E-state index in [1.54, 1.807) is 0 Å². The van der Waals surface area contributed by atoms with E-state index in [9.17, 15) is 4.79 Å². The molecule has 0 saturated heterocycles. The van der Waals surface area contributed by atoms with Crippen molar-refractivity contribution in [3.63, 3.8) is 0 Å². The average Bonchev–Trinajstić information content (AvgIpc) is 2.80. The Hall–Kier alpha value is -0.893. The molecule has 1 aliphatic rings. The molecule has 1 saturated carbocycles. The van der Waals surface area contributed by atoms with E-state index < -0.39 is 8.07 Å². The van der Waals surface area contributed by atoms with Gasteiger partial charge in [0.2, 0.25) is 0 Å². The Morgan fingerprint density at radius 3 is 2.17 bits per heavy atom. The fourth-order valence-electron chi connectivity index (χ4n) is 2.82. The molecule has 0 unspecified atom stereocenters. The number of hydrogen-bond donors (Lipinski definition) is 0. The Labute approximate surface area is 112 Å². The van der Waals surface area contributed by atoms with E-state index in [2.05, 4.69) is 31.8 Å². The Bertz CT molecular complexity index is 408. The first-order chi connectivity index (χ1) is 8.46. The number of rotatable bonds is 4. The highest BCUT2D eigenvalue weighted by molar-refractivity contribution is 6.75. The molecule has 0 spiro atoms. The molecule has 0 N–H and O–H groups in total. The van der Waals surface area contributed by atoms with Crippen LogP contribution in [0.25, 0.3) is 0 Å². The molecule has 1 aliphatic carbocycles. The summed E-state index contributed by atoms with van der Waals surface area (Å²) < 4.78 is 0. The summed E-state index contributed by atoms with van der Waals surface area (Å²) in [5, 5.41) is 0. The van der Waals surface area contributed by atoms with Gasteiger partial charge in [0.15, 0.2) is 5.78 Å². The van der Waals surface area contributed by atoms with Gasteiger partial charge >= 0.3 is 0 Å². The molecule has 98 valence electrons. The van der Waals surface area contributed by atoms with Crippen LogP contribution in [0.3, 0.4) is 0 Å². The summed E-state index contributed by atoms with van der Waals surface area (Å²) in [6.45, 7) is 7.14. The second-order valence-corrected chi connectivity index (χ2v) is 12.3. The first kappa shape index (κ1) is 13.5. The van der Waals surface area contributed by atoms with Gasteiger partial charge in [-0.2, -0.15) is 0 Å². The van der Waals surface area contributed by atoms with Crippen molar-refractivity contribution < 1.29 is 4.79 Å². The standard InChI is InChI=1S/C16H24OSi/c1-18(2,3)12-13-8-10-15(11-9-13)16(17)14-6-4-5-7-14/h8-11,14H,4-7,12H2,1-3H3. The van der Waals surface area contributed by atoms with Crippen molar-refractivity contribution in [2.45, 2.75) is 51.4 Å². The lowest BCUT2D eigenvalue weighted by Gasteiger charge is -2.16. The normalized spacial score (nSPS) is 17.1. The molecule has 0 bridgehead atoms. The van der Waals surface area contributed by atoms with E-state index >= 15 is 0 Å². The third kappa shape index (κ3) is 3.55. The Kier molecular flexibility index (Phi) is 4.06. The van der Waals surface area contributed by atoms with Crippen LogP contribution in [0.15, 0.2) is 24.3 Å². The summed E-state index contributed by atoms with van der Waals surface area (Å²) in [5.41, 5.74) is 2.30. The van der Waals surface area contributed by atoms with Gasteiger partial charge in [-0.05, 0) is 18.9 Å². The zero-order valence-corrected chi connectivity index (χ0v) is 12.8. The highest BCUT2D eigenvalue weighted by atomic mass is 28.3. The lowest BCUT2D eigenvalue weighted by molar-refractivity contribution is 0.0923. The Morgan fingerprint density at radius 2 is 1.67 bits per heavy atom. The number of benzene rings is 1. The molecule has 0 atom stereocenters. The number of Topliss-reactive ketones (excluding diaryl/α,β-unsaturated/α-hetero) is 1. The molecule has 2 heteroatoms. The van der Waals surface area contributed by atoms with Crippen molar-refractivity contribution in [3.8, 4) is 0 Å². The van der Waals surface area contributed by atoms with Crippen LogP contribution < -0.4 is 0 Å². The van der Waals surface area contributed by atoms with E-state index in [4.69, 9.17) is 0 Å². The number of carbonyl (C=O) groups excluding carboxylic acids is 1. The highest BCUT2D eigenvalue weighted by Crippen LogP contribution is 2.28. The van der Waals surface area contributed by atoms with E-state index in [1.807, 2.05) is 12.1 Å². The molecule has 0 radical (unpaired) electrons. The predicted octanol–water partition coefficient (Wildman–Crippen LogP) is 4.48. The summed E-state index contributed by atoms with van der Waals surface area (Å²) in [6.07, 6.45) is 4.64. The van der Waals surface area contributed by atoms with Gasteiger partial charge in [0.1, 0.15) is 0 Å². The SMILES string of the molecule is C[Si](C)(C)Cc1ccc(C(=O)C2CCCC2)cc1. The summed E-state index contributed by atoms with van der Waals surface area (Å²) in [4.78, 5) is 12.3. The van der Waals surface area contributed by atoms with Gasteiger partial charge in [-0.15, -0.1) is 0 Å². The minimum atomic E-state index is -1.05.